The minimum atomic E-state index is -1.93. The third-order valence-corrected chi connectivity index (χ3v) is 18.6. The molecule has 2 aliphatic heterocycles. The maximum absolute atomic E-state index is 14.3. The van der Waals surface area contributed by atoms with Crippen LogP contribution in [0.4, 0.5) is 0 Å². The van der Waals surface area contributed by atoms with Crippen LogP contribution in [-0.4, -0.2) is 175 Å². The molecule has 5 fully saturated rings. The quantitative estimate of drug-likeness (QED) is 0.0942. The minimum absolute atomic E-state index is 0.0114. The number of aliphatic hydroxyl groups excluding tert-OH is 4. The van der Waals surface area contributed by atoms with E-state index in [0.717, 1.165) is 5.57 Å². The lowest BCUT2D eigenvalue weighted by Crippen LogP contribution is -2.63. The molecule has 0 bridgehead atoms. The molecule has 0 aromatic rings. The Morgan fingerprint density at radius 2 is 1.65 bits per heavy atom. The molecule has 16 nitrogen and oxygen atoms in total. The molecule has 2 heterocycles. The second kappa shape index (κ2) is 20.8. The van der Waals surface area contributed by atoms with E-state index in [0.29, 0.717) is 58.0 Å². The van der Waals surface area contributed by atoms with E-state index >= 15 is 0 Å². The van der Waals surface area contributed by atoms with Crippen LogP contribution in [0.2, 0.25) is 0 Å². The van der Waals surface area contributed by atoms with E-state index in [9.17, 15) is 50.1 Å². The van der Waals surface area contributed by atoms with Crippen LogP contribution in [0, 0.1) is 46.3 Å². The zero-order valence-electron chi connectivity index (χ0n) is 43.2. The standard InChI is InChI=1S/C52H89N3O13/c1-13-39-51(10,64)43(60)32(6)55(27-28(2)25-50(9,63)44(30(4)41(58)31(5)45(61)67-39)68-46-42(59)37(54(11)12)23-29(3)66-46)22-14-21-53-47(62)52(65)20-18-36-35-16-15-33-24-34(56)17-19-48(33,7)40(35)38(57)26-49(36,52)8/h15,28-32,35-44,46,57-60,63-65H,13-14,16-27H2,1-12H3,(H,53,62)/t28-,29-,30+,31-,32-,35?,36?,37-,38+,39-,40?,41+,42-,43-,44-,46+,48+,49+,50-,51-,52+/m1/s1. The average molecular weight is 964 g/mol. The van der Waals surface area contributed by atoms with Crippen molar-refractivity contribution in [2.45, 2.75) is 218 Å². The van der Waals surface area contributed by atoms with Gasteiger partial charge in [0.25, 0.3) is 5.91 Å². The molecule has 8 N–H and O–H groups in total. The van der Waals surface area contributed by atoms with Crippen molar-refractivity contribution in [3.63, 3.8) is 0 Å². The van der Waals surface area contributed by atoms with Crippen LogP contribution in [0.5, 0.6) is 0 Å². The Labute approximate surface area is 405 Å². The molecule has 390 valence electrons. The highest BCUT2D eigenvalue weighted by Crippen LogP contribution is 2.67. The van der Waals surface area contributed by atoms with Gasteiger partial charge in [-0.2, -0.15) is 0 Å². The number of rotatable bonds is 9. The number of carbonyl (C=O) groups excluding carboxylic acids is 3. The third kappa shape index (κ3) is 10.3. The second-order valence-electron chi connectivity index (χ2n) is 23.8. The van der Waals surface area contributed by atoms with E-state index in [2.05, 4.69) is 18.3 Å². The highest BCUT2D eigenvalue weighted by Gasteiger charge is 2.68. The zero-order chi connectivity index (χ0) is 50.6. The number of carbonyl (C=O) groups is 3. The molecule has 0 spiro atoms. The topological polar surface area (TPSA) is 239 Å². The first-order valence-electron chi connectivity index (χ1n) is 25.9. The maximum Gasteiger partial charge on any atom is 0.311 e. The van der Waals surface area contributed by atoms with Crippen LogP contribution in [0.15, 0.2) is 11.6 Å². The van der Waals surface area contributed by atoms with Crippen LogP contribution in [0.3, 0.4) is 0 Å². The lowest BCUT2D eigenvalue weighted by atomic mass is 9.46. The van der Waals surface area contributed by atoms with E-state index in [1.165, 1.54) is 13.8 Å². The van der Waals surface area contributed by atoms with Crippen molar-refractivity contribution in [1.29, 1.82) is 0 Å². The smallest absolute Gasteiger partial charge is 0.311 e. The van der Waals surface area contributed by atoms with Crippen molar-refractivity contribution in [3.8, 4) is 0 Å². The number of esters is 1. The number of Topliss-reactive ketones (excluding diaryl/α,β-unsaturated/α-hetero) is 1. The van der Waals surface area contributed by atoms with Crippen LogP contribution >= 0.6 is 0 Å². The number of cyclic esters (lactones) is 1. The number of hydrogen-bond donors (Lipinski definition) is 8. The van der Waals surface area contributed by atoms with Crippen molar-refractivity contribution in [3.05, 3.63) is 11.6 Å². The molecular formula is C52H89N3O13. The number of nitrogens with zero attached hydrogens (tertiary/aromatic N) is 2. The molecule has 6 aliphatic rings. The predicted molar refractivity (Wildman–Crippen MR) is 255 cm³/mol. The Balaban J connectivity index is 1.20. The van der Waals surface area contributed by atoms with Crippen molar-refractivity contribution < 1.29 is 64.3 Å². The van der Waals surface area contributed by atoms with E-state index in [1.54, 1.807) is 27.7 Å². The molecule has 3 unspecified atom stereocenters. The fraction of sp³-hybridized carbons (Fsp3) is 0.904. The first-order valence-corrected chi connectivity index (χ1v) is 25.9. The summed E-state index contributed by atoms with van der Waals surface area (Å²) in [4.78, 5) is 44.4. The summed E-state index contributed by atoms with van der Waals surface area (Å²) in [5.74, 6) is -3.30. The van der Waals surface area contributed by atoms with E-state index in [-0.39, 0.29) is 79.2 Å². The lowest BCUT2D eigenvalue weighted by molar-refractivity contribution is -0.299. The van der Waals surface area contributed by atoms with Gasteiger partial charge in [0.2, 0.25) is 0 Å². The highest BCUT2D eigenvalue weighted by atomic mass is 16.7. The average Bonchev–Trinajstić information content (AvgIpc) is 3.54. The van der Waals surface area contributed by atoms with Gasteiger partial charge in [0.1, 0.15) is 35.3 Å². The van der Waals surface area contributed by atoms with Gasteiger partial charge < -0.3 is 60.2 Å². The predicted octanol–water partition coefficient (Wildman–Crippen LogP) is 3.09. The second-order valence-corrected chi connectivity index (χ2v) is 23.8. The number of fused-ring (bicyclic) bond motifs is 5. The number of hydrogen-bond acceptors (Lipinski definition) is 15. The molecule has 1 amide bonds. The van der Waals surface area contributed by atoms with E-state index in [1.807, 2.05) is 44.7 Å². The Morgan fingerprint density at radius 3 is 2.29 bits per heavy atom. The lowest BCUT2D eigenvalue weighted by Gasteiger charge is -2.59. The SMILES string of the molecule is CC[C@H]1OC(=O)[C@H](C)[C@@H](O)[C@H](C)[C@@H](O[C@@H]2O[C@H](C)C[C@@H](N(C)C)[C@H]2O)[C@](C)(O)C[C@@H](C)CN(CCCNC(=O)[C@@]2(O)CCC3C4CC=C5CC(=O)CC[C@]5(C)C4[C@@H](O)C[C@@]32C)[C@H](C)[C@@H](O)[C@]1(C)O. The molecule has 21 atom stereocenters. The molecule has 3 saturated carbocycles. The first-order chi connectivity index (χ1) is 31.5. The number of ether oxygens (including phenoxy) is 3. The Morgan fingerprint density at radius 1 is 0.971 bits per heavy atom. The minimum Gasteiger partial charge on any atom is -0.459 e. The van der Waals surface area contributed by atoms with Gasteiger partial charge in [-0.1, -0.05) is 46.3 Å². The van der Waals surface area contributed by atoms with Gasteiger partial charge >= 0.3 is 5.97 Å². The van der Waals surface area contributed by atoms with Crippen LogP contribution in [-0.2, 0) is 28.6 Å². The molecule has 0 aromatic carbocycles. The van der Waals surface area contributed by atoms with E-state index < -0.39 is 94.9 Å². The molecular weight excluding hydrogens is 875 g/mol. The molecule has 4 aliphatic carbocycles. The number of amides is 1. The number of nitrogens with one attached hydrogen (secondary N) is 1. The molecule has 0 aromatic heterocycles. The Kier molecular flexibility index (Phi) is 16.9. The van der Waals surface area contributed by atoms with Crippen LogP contribution in [0.1, 0.15) is 140 Å². The summed E-state index contributed by atoms with van der Waals surface area (Å²) in [7, 11) is 3.72. The van der Waals surface area contributed by atoms with Crippen molar-refractivity contribution >= 4 is 17.7 Å². The highest BCUT2D eigenvalue weighted by molar-refractivity contribution is 5.86. The van der Waals surface area contributed by atoms with Crippen molar-refractivity contribution in [2.75, 3.05) is 33.7 Å². The van der Waals surface area contributed by atoms with Crippen molar-refractivity contribution in [1.82, 2.24) is 15.1 Å². The molecule has 2 saturated heterocycles. The Bertz CT molecular complexity index is 1830. The summed E-state index contributed by atoms with van der Waals surface area (Å²) in [5, 5.41) is 87.1. The van der Waals surface area contributed by atoms with Gasteiger partial charge in [-0.25, -0.2) is 0 Å². The maximum atomic E-state index is 14.3. The summed E-state index contributed by atoms with van der Waals surface area (Å²) in [6.07, 6.45) is -1.40. The number of aliphatic hydroxyl groups is 7. The summed E-state index contributed by atoms with van der Waals surface area (Å²) in [6, 6.07) is -1.03. The summed E-state index contributed by atoms with van der Waals surface area (Å²) >= 11 is 0. The summed E-state index contributed by atoms with van der Waals surface area (Å²) < 4.78 is 18.6. The fourth-order valence-electron chi connectivity index (χ4n) is 14.5. The fourth-order valence-corrected chi connectivity index (χ4v) is 14.5. The van der Waals surface area contributed by atoms with Gasteiger partial charge in [0.05, 0.1) is 35.9 Å². The number of likely N-dealkylation sites (N-methyl/N-ethyl adjacent to an activating group) is 1. The molecule has 0 radical (unpaired) electrons. The monoisotopic (exact) mass is 964 g/mol. The normalized spacial score (nSPS) is 48.9. The van der Waals surface area contributed by atoms with Gasteiger partial charge in [-0.05, 0) is 136 Å². The first kappa shape index (κ1) is 55.2. The molecule has 68 heavy (non-hydrogen) atoms. The summed E-state index contributed by atoms with van der Waals surface area (Å²) in [5.41, 5.74) is -5.31. The van der Waals surface area contributed by atoms with Crippen LogP contribution < -0.4 is 5.32 Å². The van der Waals surface area contributed by atoms with Crippen molar-refractivity contribution in [2.24, 2.45) is 46.3 Å². The van der Waals surface area contributed by atoms with Gasteiger partial charge in [0, 0.05) is 55.9 Å². The van der Waals surface area contributed by atoms with Crippen LogP contribution in [0.25, 0.3) is 0 Å². The summed E-state index contributed by atoms with van der Waals surface area (Å²) in [6.45, 7) is 18.5. The molecule has 16 heteroatoms. The van der Waals surface area contributed by atoms with Gasteiger partial charge in [0.15, 0.2) is 6.29 Å². The zero-order valence-corrected chi connectivity index (χ0v) is 43.2. The van der Waals surface area contributed by atoms with E-state index in [4.69, 9.17) is 14.2 Å². The third-order valence-electron chi connectivity index (χ3n) is 18.6. The number of ketones is 1. The number of allylic oxidation sites excluding steroid dienone is 2. The molecule has 6 rings (SSSR count). The largest absolute Gasteiger partial charge is 0.459 e. The van der Waals surface area contributed by atoms with Gasteiger partial charge in [-0.15, -0.1) is 0 Å². The van der Waals surface area contributed by atoms with Gasteiger partial charge in [-0.3, -0.25) is 19.3 Å². The Hall–Kier alpha value is -2.09.